The van der Waals surface area contributed by atoms with E-state index < -0.39 is 0 Å². The lowest BCUT2D eigenvalue weighted by Crippen LogP contribution is -2.29. The van der Waals surface area contributed by atoms with Crippen LogP contribution in [0.15, 0.2) is 41.8 Å². The number of amides is 1. The molecule has 0 fully saturated rings. The van der Waals surface area contributed by atoms with Crippen molar-refractivity contribution in [3.63, 3.8) is 0 Å². The molecule has 2 aromatic carbocycles. The van der Waals surface area contributed by atoms with E-state index in [1.807, 2.05) is 31.3 Å². The Morgan fingerprint density at radius 3 is 2.59 bits per heavy atom. The van der Waals surface area contributed by atoms with Gasteiger partial charge in [-0.25, -0.2) is 0 Å². The molecule has 0 radical (unpaired) electrons. The number of thiophene rings is 1. The molecule has 29 heavy (non-hydrogen) atoms. The van der Waals surface area contributed by atoms with Crippen LogP contribution in [0.3, 0.4) is 0 Å². The van der Waals surface area contributed by atoms with Gasteiger partial charge >= 0.3 is 0 Å². The molecule has 1 aliphatic heterocycles. The molecule has 1 amide bonds. The molecule has 4 rings (SSSR count). The van der Waals surface area contributed by atoms with Gasteiger partial charge in [-0.1, -0.05) is 29.3 Å². The topological polar surface area (TPSA) is 32.3 Å². The van der Waals surface area contributed by atoms with Crippen molar-refractivity contribution in [3.8, 4) is 0 Å². The van der Waals surface area contributed by atoms with Gasteiger partial charge in [0.05, 0.1) is 16.5 Å². The molecule has 3 nitrogen and oxygen atoms in total. The molecule has 0 aliphatic carbocycles. The second-order valence-corrected chi connectivity index (χ2v) is 9.28. The van der Waals surface area contributed by atoms with E-state index in [0.29, 0.717) is 10.0 Å². The summed E-state index contributed by atoms with van der Waals surface area (Å²) >= 11 is 13.9. The van der Waals surface area contributed by atoms with Gasteiger partial charge in [0.15, 0.2) is 0 Å². The number of nitrogens with one attached hydrogen (secondary N) is 1. The smallest absolute Gasteiger partial charge is 0.228 e. The SMILES string of the molecule is Cc1cc(N2CCc3sccc3C2)cc(C)c1NC(=O)Cc1ccc(Cl)c(Cl)c1. The van der Waals surface area contributed by atoms with Crippen molar-refractivity contribution in [2.75, 3.05) is 16.8 Å². The van der Waals surface area contributed by atoms with Crippen molar-refractivity contribution in [2.24, 2.45) is 0 Å². The van der Waals surface area contributed by atoms with Gasteiger partial charge in [0.2, 0.25) is 5.91 Å². The Morgan fingerprint density at radius 2 is 1.86 bits per heavy atom. The first-order valence-electron chi connectivity index (χ1n) is 9.56. The fraction of sp³-hybridized carbons (Fsp3) is 0.261. The molecular formula is C23H22Cl2N2OS. The van der Waals surface area contributed by atoms with E-state index >= 15 is 0 Å². The van der Waals surface area contributed by atoms with Crippen molar-refractivity contribution in [2.45, 2.75) is 33.2 Å². The van der Waals surface area contributed by atoms with E-state index in [-0.39, 0.29) is 12.3 Å². The van der Waals surface area contributed by atoms with E-state index in [1.54, 1.807) is 12.1 Å². The second-order valence-electron chi connectivity index (χ2n) is 7.47. The van der Waals surface area contributed by atoms with Crippen LogP contribution in [0.25, 0.3) is 0 Å². The number of halogens is 2. The van der Waals surface area contributed by atoms with Gasteiger partial charge in [-0.15, -0.1) is 11.3 Å². The minimum Gasteiger partial charge on any atom is -0.367 e. The molecule has 0 unspecified atom stereocenters. The number of aryl methyl sites for hydroxylation is 2. The van der Waals surface area contributed by atoms with Gasteiger partial charge < -0.3 is 10.2 Å². The molecule has 2 heterocycles. The van der Waals surface area contributed by atoms with Crippen LogP contribution in [0, 0.1) is 13.8 Å². The van der Waals surface area contributed by atoms with Crippen molar-refractivity contribution in [1.82, 2.24) is 0 Å². The first-order valence-corrected chi connectivity index (χ1v) is 11.2. The summed E-state index contributed by atoms with van der Waals surface area (Å²) in [6, 6.07) is 11.8. The number of carbonyl (C=O) groups excluding carboxylic acids is 1. The predicted molar refractivity (Wildman–Crippen MR) is 124 cm³/mol. The Kier molecular flexibility index (Phi) is 5.86. The zero-order valence-corrected chi connectivity index (χ0v) is 18.7. The summed E-state index contributed by atoms with van der Waals surface area (Å²) in [5.41, 5.74) is 6.49. The normalized spacial score (nSPS) is 13.3. The molecule has 0 bridgehead atoms. The predicted octanol–water partition coefficient (Wildman–Crippen LogP) is 6.42. The molecule has 1 N–H and O–H groups in total. The summed E-state index contributed by atoms with van der Waals surface area (Å²) < 4.78 is 0. The average molecular weight is 445 g/mol. The molecule has 0 saturated heterocycles. The zero-order valence-electron chi connectivity index (χ0n) is 16.4. The highest BCUT2D eigenvalue weighted by molar-refractivity contribution is 7.10. The number of fused-ring (bicyclic) bond motifs is 1. The summed E-state index contributed by atoms with van der Waals surface area (Å²) in [7, 11) is 0. The minimum absolute atomic E-state index is 0.0665. The number of benzene rings is 2. The van der Waals surface area contributed by atoms with Gasteiger partial charge in [-0.3, -0.25) is 4.79 Å². The maximum Gasteiger partial charge on any atom is 0.228 e. The fourth-order valence-corrected chi connectivity index (χ4v) is 5.02. The number of carbonyl (C=O) groups is 1. The summed E-state index contributed by atoms with van der Waals surface area (Å²) in [6.07, 6.45) is 1.35. The Bertz CT molecular complexity index is 1050. The minimum atomic E-state index is -0.0665. The summed E-state index contributed by atoms with van der Waals surface area (Å²) in [6.45, 7) is 6.06. The maximum absolute atomic E-state index is 12.6. The lowest BCUT2D eigenvalue weighted by Gasteiger charge is -2.30. The lowest BCUT2D eigenvalue weighted by molar-refractivity contribution is -0.115. The summed E-state index contributed by atoms with van der Waals surface area (Å²) in [4.78, 5) is 16.5. The zero-order chi connectivity index (χ0) is 20.5. The van der Waals surface area contributed by atoms with Crippen LogP contribution in [0.4, 0.5) is 11.4 Å². The lowest BCUT2D eigenvalue weighted by atomic mass is 10.0. The van der Waals surface area contributed by atoms with E-state index in [9.17, 15) is 4.79 Å². The number of anilines is 2. The van der Waals surface area contributed by atoms with Crippen LogP contribution in [0.1, 0.15) is 27.1 Å². The van der Waals surface area contributed by atoms with Gasteiger partial charge in [0, 0.05) is 29.3 Å². The third-order valence-electron chi connectivity index (χ3n) is 5.30. The maximum atomic E-state index is 12.6. The Hall–Kier alpha value is -2.01. The summed E-state index contributed by atoms with van der Waals surface area (Å²) in [5.74, 6) is -0.0665. The van der Waals surface area contributed by atoms with Crippen LogP contribution in [0.5, 0.6) is 0 Å². The first-order chi connectivity index (χ1) is 13.9. The molecule has 0 saturated carbocycles. The average Bonchev–Trinajstić information content (AvgIpc) is 3.15. The molecule has 0 atom stereocenters. The quantitative estimate of drug-likeness (QED) is 0.503. The fourth-order valence-electron chi connectivity index (χ4n) is 3.81. The van der Waals surface area contributed by atoms with E-state index in [2.05, 4.69) is 33.8 Å². The van der Waals surface area contributed by atoms with Crippen molar-refractivity contribution >= 4 is 51.8 Å². The van der Waals surface area contributed by atoms with Crippen molar-refractivity contribution < 1.29 is 4.79 Å². The summed E-state index contributed by atoms with van der Waals surface area (Å²) in [5, 5.41) is 6.20. The monoisotopic (exact) mass is 444 g/mol. The van der Waals surface area contributed by atoms with Crippen LogP contribution in [-0.2, 0) is 24.2 Å². The Morgan fingerprint density at radius 1 is 1.10 bits per heavy atom. The highest BCUT2D eigenvalue weighted by Gasteiger charge is 2.19. The largest absolute Gasteiger partial charge is 0.367 e. The van der Waals surface area contributed by atoms with Crippen LogP contribution in [0.2, 0.25) is 10.0 Å². The Balaban J connectivity index is 1.48. The number of nitrogens with zero attached hydrogens (tertiary/aromatic N) is 1. The van der Waals surface area contributed by atoms with E-state index in [0.717, 1.165) is 41.9 Å². The van der Waals surface area contributed by atoms with Crippen LogP contribution >= 0.6 is 34.5 Å². The van der Waals surface area contributed by atoms with Gasteiger partial charge in [0.25, 0.3) is 0 Å². The highest BCUT2D eigenvalue weighted by atomic mass is 35.5. The van der Waals surface area contributed by atoms with Gasteiger partial charge in [-0.05, 0) is 78.2 Å². The molecule has 6 heteroatoms. The highest BCUT2D eigenvalue weighted by Crippen LogP contribution is 2.32. The van der Waals surface area contributed by atoms with E-state index in [1.165, 1.54) is 16.1 Å². The molecule has 3 aromatic rings. The number of hydrogen-bond donors (Lipinski definition) is 1. The molecule has 150 valence electrons. The van der Waals surface area contributed by atoms with Crippen molar-refractivity contribution in [1.29, 1.82) is 0 Å². The third-order valence-corrected chi connectivity index (χ3v) is 7.07. The first kappa shape index (κ1) is 20.3. The standard InChI is InChI=1S/C23H22Cl2N2OS/c1-14-9-18(27-7-5-21-17(13-27)6-8-29-21)10-15(2)23(14)26-22(28)12-16-3-4-19(24)20(25)11-16/h3-4,6,8-11H,5,7,12-13H2,1-2H3,(H,26,28). The number of rotatable bonds is 4. The van der Waals surface area contributed by atoms with Crippen LogP contribution in [-0.4, -0.2) is 12.5 Å². The van der Waals surface area contributed by atoms with Crippen molar-refractivity contribution in [3.05, 3.63) is 79.0 Å². The Labute approximate surface area is 185 Å². The molecule has 1 aliphatic rings. The third kappa shape index (κ3) is 4.45. The van der Waals surface area contributed by atoms with Crippen LogP contribution < -0.4 is 10.2 Å². The molecular weight excluding hydrogens is 423 g/mol. The van der Waals surface area contributed by atoms with Gasteiger partial charge in [-0.2, -0.15) is 0 Å². The van der Waals surface area contributed by atoms with Gasteiger partial charge in [0.1, 0.15) is 0 Å². The molecule has 0 spiro atoms. The van der Waals surface area contributed by atoms with E-state index in [4.69, 9.17) is 23.2 Å². The number of hydrogen-bond acceptors (Lipinski definition) is 3. The molecule has 1 aromatic heterocycles. The second kappa shape index (κ2) is 8.39.